The first kappa shape index (κ1) is 11.1. The van der Waals surface area contributed by atoms with Crippen molar-refractivity contribution in [1.82, 2.24) is 4.90 Å². The maximum absolute atomic E-state index is 11.6. The Bertz CT molecular complexity index is 376. The van der Waals surface area contributed by atoms with Gasteiger partial charge in [-0.15, -0.1) is 6.42 Å². The SMILES string of the molecule is C#CCN(C)C(=O)Cc1ccc(N)cc1. The van der Waals surface area contributed by atoms with Crippen LogP contribution < -0.4 is 5.73 Å². The van der Waals surface area contributed by atoms with Crippen LogP contribution in [0.15, 0.2) is 24.3 Å². The number of carbonyl (C=O) groups excluding carboxylic acids is 1. The number of nitrogens with two attached hydrogens (primary N) is 1. The number of terminal acetylenes is 1. The molecular weight excluding hydrogens is 188 g/mol. The van der Waals surface area contributed by atoms with E-state index in [-0.39, 0.29) is 5.91 Å². The molecule has 1 rings (SSSR count). The molecule has 0 fully saturated rings. The second-order valence-corrected chi connectivity index (χ2v) is 3.37. The van der Waals surface area contributed by atoms with E-state index in [1.54, 1.807) is 19.2 Å². The quantitative estimate of drug-likeness (QED) is 0.585. The number of benzene rings is 1. The fourth-order valence-electron chi connectivity index (χ4n) is 1.17. The summed E-state index contributed by atoms with van der Waals surface area (Å²) in [7, 11) is 1.69. The Balaban J connectivity index is 2.59. The summed E-state index contributed by atoms with van der Waals surface area (Å²) in [5.74, 6) is 2.44. The van der Waals surface area contributed by atoms with Crippen molar-refractivity contribution in [1.29, 1.82) is 0 Å². The van der Waals surface area contributed by atoms with Crippen LogP contribution in [0.5, 0.6) is 0 Å². The summed E-state index contributed by atoms with van der Waals surface area (Å²) in [5.41, 5.74) is 7.18. The molecule has 0 atom stereocenters. The molecule has 0 heterocycles. The fraction of sp³-hybridized carbons (Fsp3) is 0.250. The van der Waals surface area contributed by atoms with Crippen molar-refractivity contribution >= 4 is 11.6 Å². The number of hydrogen-bond donors (Lipinski definition) is 1. The summed E-state index contributed by atoms with van der Waals surface area (Å²) < 4.78 is 0. The number of nitrogen functional groups attached to an aromatic ring is 1. The lowest BCUT2D eigenvalue weighted by atomic mass is 10.1. The number of anilines is 1. The largest absolute Gasteiger partial charge is 0.399 e. The molecule has 0 spiro atoms. The number of rotatable bonds is 3. The molecule has 3 nitrogen and oxygen atoms in total. The highest BCUT2D eigenvalue weighted by Gasteiger charge is 2.07. The number of nitrogens with zero attached hydrogens (tertiary/aromatic N) is 1. The molecular formula is C12H14N2O. The van der Waals surface area contributed by atoms with Crippen LogP contribution in [0.1, 0.15) is 5.56 Å². The molecule has 3 heteroatoms. The maximum atomic E-state index is 11.6. The van der Waals surface area contributed by atoms with Gasteiger partial charge in [-0.25, -0.2) is 0 Å². The summed E-state index contributed by atoms with van der Waals surface area (Å²) in [6.45, 7) is 0.341. The summed E-state index contributed by atoms with van der Waals surface area (Å²) in [4.78, 5) is 13.1. The first-order valence-electron chi connectivity index (χ1n) is 4.65. The minimum Gasteiger partial charge on any atom is -0.399 e. The highest BCUT2D eigenvalue weighted by Crippen LogP contribution is 2.06. The van der Waals surface area contributed by atoms with Crippen LogP contribution in [-0.2, 0) is 11.2 Å². The molecule has 0 saturated heterocycles. The topological polar surface area (TPSA) is 46.3 Å². The van der Waals surface area contributed by atoms with Gasteiger partial charge in [0.2, 0.25) is 5.91 Å². The Morgan fingerprint density at radius 2 is 2.07 bits per heavy atom. The Labute approximate surface area is 89.9 Å². The molecule has 1 aromatic rings. The first-order chi connectivity index (χ1) is 7.13. The molecule has 0 aliphatic carbocycles. The van der Waals surface area contributed by atoms with Gasteiger partial charge in [0.25, 0.3) is 0 Å². The van der Waals surface area contributed by atoms with Gasteiger partial charge >= 0.3 is 0 Å². The van der Waals surface area contributed by atoms with Gasteiger partial charge in [-0.3, -0.25) is 4.79 Å². The highest BCUT2D eigenvalue weighted by molar-refractivity contribution is 5.78. The van der Waals surface area contributed by atoms with Gasteiger partial charge in [-0.1, -0.05) is 18.1 Å². The van der Waals surface area contributed by atoms with Crippen molar-refractivity contribution in [3.63, 3.8) is 0 Å². The second-order valence-electron chi connectivity index (χ2n) is 3.37. The predicted molar refractivity (Wildman–Crippen MR) is 61.0 cm³/mol. The van der Waals surface area contributed by atoms with Crippen molar-refractivity contribution in [3.05, 3.63) is 29.8 Å². The Hall–Kier alpha value is -1.95. The van der Waals surface area contributed by atoms with Gasteiger partial charge in [0.15, 0.2) is 0 Å². The third-order valence-electron chi connectivity index (χ3n) is 2.09. The molecule has 15 heavy (non-hydrogen) atoms. The standard InChI is InChI=1S/C12H14N2O/c1-3-8-14(2)12(15)9-10-4-6-11(13)7-5-10/h1,4-7H,8-9,13H2,2H3. The molecule has 2 N–H and O–H groups in total. The maximum Gasteiger partial charge on any atom is 0.227 e. The van der Waals surface area contributed by atoms with E-state index in [9.17, 15) is 4.79 Å². The lowest BCUT2D eigenvalue weighted by Gasteiger charge is -2.13. The minimum atomic E-state index is 0.0118. The molecule has 0 saturated carbocycles. The minimum absolute atomic E-state index is 0.0118. The summed E-state index contributed by atoms with van der Waals surface area (Å²) in [6.07, 6.45) is 5.48. The van der Waals surface area contributed by atoms with E-state index >= 15 is 0 Å². The molecule has 0 aliphatic heterocycles. The van der Waals surface area contributed by atoms with E-state index in [0.717, 1.165) is 5.56 Å². The van der Waals surface area contributed by atoms with E-state index in [1.165, 1.54) is 4.90 Å². The molecule has 78 valence electrons. The van der Waals surface area contributed by atoms with Crippen molar-refractivity contribution in [3.8, 4) is 12.3 Å². The van der Waals surface area contributed by atoms with E-state index in [0.29, 0.717) is 18.7 Å². The second kappa shape index (κ2) is 5.06. The van der Waals surface area contributed by atoms with Crippen LogP contribution in [0, 0.1) is 12.3 Å². The number of likely N-dealkylation sites (N-methyl/N-ethyl adjacent to an activating group) is 1. The van der Waals surface area contributed by atoms with Gasteiger partial charge in [-0.05, 0) is 17.7 Å². The summed E-state index contributed by atoms with van der Waals surface area (Å²) in [5, 5.41) is 0. The van der Waals surface area contributed by atoms with Gasteiger partial charge in [0.1, 0.15) is 0 Å². The predicted octanol–water partition coefficient (Wildman–Crippen LogP) is 0.903. The molecule has 0 aromatic heterocycles. The Kier molecular flexibility index (Phi) is 3.75. The van der Waals surface area contributed by atoms with E-state index < -0.39 is 0 Å². The van der Waals surface area contributed by atoms with Crippen LogP contribution in [0.25, 0.3) is 0 Å². The van der Waals surface area contributed by atoms with Crippen molar-refractivity contribution in [2.75, 3.05) is 19.3 Å². The van der Waals surface area contributed by atoms with Gasteiger partial charge in [-0.2, -0.15) is 0 Å². The zero-order valence-electron chi connectivity index (χ0n) is 8.73. The number of carbonyl (C=O) groups is 1. The van der Waals surface area contributed by atoms with Gasteiger partial charge < -0.3 is 10.6 Å². The van der Waals surface area contributed by atoms with Crippen molar-refractivity contribution < 1.29 is 4.79 Å². The molecule has 0 bridgehead atoms. The number of amides is 1. The fourth-order valence-corrected chi connectivity index (χ4v) is 1.17. The average Bonchev–Trinajstić information content (AvgIpc) is 2.22. The van der Waals surface area contributed by atoms with E-state index in [2.05, 4.69) is 5.92 Å². The van der Waals surface area contributed by atoms with E-state index in [4.69, 9.17) is 12.2 Å². The molecule has 1 aromatic carbocycles. The summed E-state index contributed by atoms with van der Waals surface area (Å²) in [6, 6.07) is 7.25. The zero-order chi connectivity index (χ0) is 11.3. The van der Waals surface area contributed by atoms with Crippen molar-refractivity contribution in [2.45, 2.75) is 6.42 Å². The number of hydrogen-bond acceptors (Lipinski definition) is 2. The first-order valence-corrected chi connectivity index (χ1v) is 4.65. The van der Waals surface area contributed by atoms with Gasteiger partial charge in [0.05, 0.1) is 13.0 Å². The smallest absolute Gasteiger partial charge is 0.227 e. The van der Waals surface area contributed by atoms with Crippen LogP contribution >= 0.6 is 0 Å². The van der Waals surface area contributed by atoms with Crippen LogP contribution in [-0.4, -0.2) is 24.4 Å². The highest BCUT2D eigenvalue weighted by atomic mass is 16.2. The van der Waals surface area contributed by atoms with Crippen LogP contribution in [0.3, 0.4) is 0 Å². The van der Waals surface area contributed by atoms with E-state index in [1.807, 2.05) is 12.1 Å². The normalized spacial score (nSPS) is 9.33. The average molecular weight is 202 g/mol. The third kappa shape index (κ3) is 3.35. The lowest BCUT2D eigenvalue weighted by Crippen LogP contribution is -2.28. The Morgan fingerprint density at radius 1 is 1.47 bits per heavy atom. The third-order valence-corrected chi connectivity index (χ3v) is 2.09. The molecule has 0 radical (unpaired) electrons. The van der Waals surface area contributed by atoms with Gasteiger partial charge in [0, 0.05) is 12.7 Å². The lowest BCUT2D eigenvalue weighted by molar-refractivity contribution is -0.128. The van der Waals surface area contributed by atoms with Crippen LogP contribution in [0.4, 0.5) is 5.69 Å². The van der Waals surface area contributed by atoms with Crippen molar-refractivity contribution in [2.24, 2.45) is 0 Å². The summed E-state index contributed by atoms with van der Waals surface area (Å²) >= 11 is 0. The molecule has 0 unspecified atom stereocenters. The monoisotopic (exact) mass is 202 g/mol. The Morgan fingerprint density at radius 3 is 2.60 bits per heavy atom. The molecule has 0 aliphatic rings. The molecule has 1 amide bonds. The zero-order valence-corrected chi connectivity index (χ0v) is 8.73. The van der Waals surface area contributed by atoms with Crippen LogP contribution in [0.2, 0.25) is 0 Å².